The minimum Gasteiger partial charge on any atom is -0.507 e. The van der Waals surface area contributed by atoms with Crippen LogP contribution in [0.5, 0.6) is 5.75 Å². The van der Waals surface area contributed by atoms with Crippen LogP contribution < -0.4 is 0 Å². The van der Waals surface area contributed by atoms with Crippen molar-refractivity contribution < 1.29 is 9.50 Å². The third-order valence-electron chi connectivity index (χ3n) is 5.17. The Morgan fingerprint density at radius 3 is 1.97 bits per heavy atom. The van der Waals surface area contributed by atoms with E-state index in [1.807, 2.05) is 36.4 Å². The molecule has 0 aliphatic carbocycles. The number of aromatic hydroxyl groups is 1. The van der Waals surface area contributed by atoms with Crippen LogP contribution in [0.3, 0.4) is 0 Å². The Kier molecular flexibility index (Phi) is 5.85. The maximum Gasteiger partial charge on any atom is 0.148 e. The van der Waals surface area contributed by atoms with E-state index in [0.29, 0.717) is 11.3 Å². The molecular formula is C27H30FNO. The van der Waals surface area contributed by atoms with Gasteiger partial charge in [0, 0.05) is 16.7 Å². The Balaban J connectivity index is 2.38. The van der Waals surface area contributed by atoms with Gasteiger partial charge in [-0.2, -0.15) is 0 Å². The second-order valence-corrected chi connectivity index (χ2v) is 9.70. The number of hydrogen-bond donors (Lipinski definition) is 1. The Bertz CT molecular complexity index is 1070. The number of rotatable bonds is 3. The Hall–Kier alpha value is -2.94. The van der Waals surface area contributed by atoms with Crippen LogP contribution in [0.25, 0.3) is 0 Å². The third kappa shape index (κ3) is 4.62. The van der Waals surface area contributed by atoms with Gasteiger partial charge < -0.3 is 5.11 Å². The summed E-state index contributed by atoms with van der Waals surface area (Å²) in [4.78, 5) is 4.69. The summed E-state index contributed by atoms with van der Waals surface area (Å²) < 4.78 is 14.4. The predicted octanol–water partition coefficient (Wildman–Crippen LogP) is 7.30. The first-order valence-electron chi connectivity index (χ1n) is 10.3. The lowest BCUT2D eigenvalue weighted by Crippen LogP contribution is -2.19. The van der Waals surface area contributed by atoms with Gasteiger partial charge in [0.05, 0.1) is 11.4 Å². The molecule has 0 unspecified atom stereocenters. The van der Waals surface area contributed by atoms with Crippen LogP contribution in [0.2, 0.25) is 0 Å². The highest BCUT2D eigenvalue weighted by Gasteiger charge is 2.27. The van der Waals surface area contributed by atoms with Crippen LogP contribution in [-0.2, 0) is 10.8 Å². The summed E-state index contributed by atoms with van der Waals surface area (Å²) in [5, 5.41) is 11.3. The first-order valence-corrected chi connectivity index (χ1v) is 10.3. The average molecular weight is 404 g/mol. The molecule has 3 rings (SSSR count). The number of aliphatic imine (C=N–C) groups is 1. The number of phenolic OH excluding ortho intramolecular Hbond substituents is 1. The molecule has 0 atom stereocenters. The molecule has 3 aromatic rings. The van der Waals surface area contributed by atoms with Gasteiger partial charge >= 0.3 is 0 Å². The lowest BCUT2D eigenvalue weighted by atomic mass is 9.78. The molecule has 2 nitrogen and oxygen atoms in total. The average Bonchev–Trinajstić information content (AvgIpc) is 2.67. The van der Waals surface area contributed by atoms with Crippen LogP contribution in [-0.4, -0.2) is 10.8 Å². The number of para-hydroxylation sites is 1. The van der Waals surface area contributed by atoms with E-state index >= 15 is 0 Å². The van der Waals surface area contributed by atoms with Crippen molar-refractivity contribution in [2.24, 2.45) is 4.99 Å². The maximum atomic E-state index is 14.4. The fraction of sp³-hybridized carbons (Fsp3) is 0.296. The molecule has 0 fully saturated rings. The van der Waals surface area contributed by atoms with E-state index in [1.54, 1.807) is 18.2 Å². The van der Waals surface area contributed by atoms with Gasteiger partial charge in [0.25, 0.3) is 0 Å². The van der Waals surface area contributed by atoms with E-state index in [1.165, 1.54) is 6.07 Å². The van der Waals surface area contributed by atoms with Gasteiger partial charge in [-0.1, -0.05) is 90.1 Å². The zero-order valence-corrected chi connectivity index (χ0v) is 18.6. The maximum absolute atomic E-state index is 14.4. The van der Waals surface area contributed by atoms with Gasteiger partial charge in [-0.05, 0) is 34.6 Å². The summed E-state index contributed by atoms with van der Waals surface area (Å²) in [6.07, 6.45) is 0. The summed E-state index contributed by atoms with van der Waals surface area (Å²) in [5.41, 5.74) is 3.79. The Labute approximate surface area is 179 Å². The molecule has 0 spiro atoms. The first kappa shape index (κ1) is 21.8. The first-order chi connectivity index (χ1) is 14.0. The molecule has 30 heavy (non-hydrogen) atoms. The molecule has 0 heterocycles. The van der Waals surface area contributed by atoms with E-state index in [2.05, 4.69) is 52.6 Å². The van der Waals surface area contributed by atoms with Crippen molar-refractivity contribution in [2.45, 2.75) is 52.4 Å². The smallest absolute Gasteiger partial charge is 0.148 e. The highest BCUT2D eigenvalue weighted by molar-refractivity contribution is 6.15. The highest BCUT2D eigenvalue weighted by atomic mass is 19.1. The minimum absolute atomic E-state index is 0.123. The number of benzene rings is 3. The molecule has 0 amide bonds. The van der Waals surface area contributed by atoms with Gasteiger partial charge in [-0.25, -0.2) is 9.38 Å². The van der Waals surface area contributed by atoms with Gasteiger partial charge in [0.2, 0.25) is 0 Å². The molecule has 0 bridgehead atoms. The van der Waals surface area contributed by atoms with E-state index in [9.17, 15) is 9.50 Å². The van der Waals surface area contributed by atoms with Crippen molar-refractivity contribution in [3.05, 3.63) is 94.8 Å². The molecule has 1 N–H and O–H groups in total. The van der Waals surface area contributed by atoms with E-state index < -0.39 is 5.82 Å². The summed E-state index contributed by atoms with van der Waals surface area (Å²) >= 11 is 0. The molecule has 156 valence electrons. The molecule has 3 aromatic carbocycles. The van der Waals surface area contributed by atoms with Crippen molar-refractivity contribution >= 4 is 11.4 Å². The van der Waals surface area contributed by atoms with Crippen LogP contribution in [0.1, 0.15) is 63.8 Å². The minimum atomic E-state index is -0.395. The molecule has 0 saturated heterocycles. The lowest BCUT2D eigenvalue weighted by molar-refractivity contribution is 0.443. The zero-order valence-electron chi connectivity index (χ0n) is 18.6. The number of hydrogen-bond acceptors (Lipinski definition) is 2. The van der Waals surface area contributed by atoms with Gasteiger partial charge in [-0.15, -0.1) is 0 Å². The van der Waals surface area contributed by atoms with Crippen molar-refractivity contribution in [3.63, 3.8) is 0 Å². The molecule has 0 aliphatic rings. The normalized spacial score (nSPS) is 12.8. The second kappa shape index (κ2) is 8.06. The van der Waals surface area contributed by atoms with E-state index in [0.717, 1.165) is 16.7 Å². The molecule has 3 heteroatoms. The molecular weight excluding hydrogens is 373 g/mol. The monoisotopic (exact) mass is 403 g/mol. The van der Waals surface area contributed by atoms with E-state index in [4.69, 9.17) is 0 Å². The third-order valence-corrected chi connectivity index (χ3v) is 5.17. The Morgan fingerprint density at radius 2 is 1.40 bits per heavy atom. The molecule has 0 aromatic heterocycles. The van der Waals surface area contributed by atoms with Crippen molar-refractivity contribution in [2.75, 3.05) is 0 Å². The van der Waals surface area contributed by atoms with Gasteiger partial charge in [0.1, 0.15) is 11.6 Å². The second-order valence-electron chi connectivity index (χ2n) is 9.70. The number of nitrogens with zero attached hydrogens (tertiary/aromatic N) is 1. The Morgan fingerprint density at radius 1 is 0.800 bits per heavy atom. The van der Waals surface area contributed by atoms with Crippen LogP contribution >= 0.6 is 0 Å². The van der Waals surface area contributed by atoms with Crippen molar-refractivity contribution in [1.82, 2.24) is 0 Å². The van der Waals surface area contributed by atoms with Crippen LogP contribution in [0.4, 0.5) is 10.1 Å². The zero-order chi connectivity index (χ0) is 22.1. The van der Waals surface area contributed by atoms with Crippen LogP contribution in [0, 0.1) is 5.82 Å². The predicted molar refractivity (Wildman–Crippen MR) is 124 cm³/mol. The highest BCUT2D eigenvalue weighted by Crippen LogP contribution is 2.39. The fourth-order valence-electron chi connectivity index (χ4n) is 3.36. The molecule has 0 aliphatic heterocycles. The topological polar surface area (TPSA) is 32.6 Å². The fourth-order valence-corrected chi connectivity index (χ4v) is 3.36. The number of halogens is 1. The summed E-state index contributed by atoms with van der Waals surface area (Å²) in [6, 6.07) is 20.1. The van der Waals surface area contributed by atoms with E-state index in [-0.39, 0.29) is 22.3 Å². The standard InChI is InChI=1S/C27H30FNO/c1-26(2,3)19-16-20(25(30)21(17-19)27(4,5)6)24(18-12-8-7-9-13-18)29-23-15-11-10-14-22(23)28/h7-17,30H,1-6H3. The van der Waals surface area contributed by atoms with Gasteiger partial charge in [0.15, 0.2) is 0 Å². The molecule has 0 radical (unpaired) electrons. The lowest BCUT2D eigenvalue weighted by Gasteiger charge is -2.28. The van der Waals surface area contributed by atoms with Crippen molar-refractivity contribution in [1.29, 1.82) is 0 Å². The van der Waals surface area contributed by atoms with Crippen molar-refractivity contribution in [3.8, 4) is 5.75 Å². The molecule has 0 saturated carbocycles. The summed E-state index contributed by atoms with van der Waals surface area (Å²) in [6.45, 7) is 12.7. The quantitative estimate of drug-likeness (QED) is 0.457. The largest absolute Gasteiger partial charge is 0.507 e. The SMILES string of the molecule is CC(C)(C)c1cc(C(=Nc2ccccc2F)c2ccccc2)c(O)c(C(C)(C)C)c1. The van der Waals surface area contributed by atoms with Gasteiger partial charge in [-0.3, -0.25) is 0 Å². The van der Waals surface area contributed by atoms with Crippen LogP contribution in [0.15, 0.2) is 71.7 Å². The summed E-state index contributed by atoms with van der Waals surface area (Å²) in [5.74, 6) is -0.206. The number of phenols is 1. The summed E-state index contributed by atoms with van der Waals surface area (Å²) in [7, 11) is 0.